The van der Waals surface area contributed by atoms with Gasteiger partial charge in [-0.3, -0.25) is 9.59 Å². The summed E-state index contributed by atoms with van der Waals surface area (Å²) in [4.78, 5) is 23.3. The van der Waals surface area contributed by atoms with Gasteiger partial charge in [-0.05, 0) is 70.2 Å². The minimum Gasteiger partial charge on any atom is -0.483 e. The molecule has 0 aromatic heterocycles. The highest BCUT2D eigenvalue weighted by molar-refractivity contribution is 5.76. The third kappa shape index (κ3) is 8.02. The number of carboxylic acids is 1. The molecule has 6 heteroatoms. The van der Waals surface area contributed by atoms with Crippen LogP contribution >= 0.6 is 0 Å². The van der Waals surface area contributed by atoms with Gasteiger partial charge in [-0.15, -0.1) is 0 Å². The normalized spacial score (nSPS) is 19.6. The molecule has 186 valence electrons. The highest BCUT2D eigenvalue weighted by atomic mass is 16.6. The lowest BCUT2D eigenvalue weighted by molar-refractivity contribution is -0.165. The average Bonchev–Trinajstić information content (AvgIpc) is 2.76. The second kappa shape index (κ2) is 13.0. The number of carboxylic acid groups (broad SMARTS) is 1. The van der Waals surface area contributed by atoms with Crippen molar-refractivity contribution < 1.29 is 24.2 Å². The summed E-state index contributed by atoms with van der Waals surface area (Å²) in [6.45, 7) is 9.05. The predicted molar refractivity (Wildman–Crippen MR) is 131 cm³/mol. The molecule has 0 fully saturated rings. The molecule has 1 aromatic carbocycles. The monoisotopic (exact) mass is 461 g/mol. The summed E-state index contributed by atoms with van der Waals surface area (Å²) in [5, 5.41) is 8.90. The maximum atomic E-state index is 12.4. The van der Waals surface area contributed by atoms with Crippen molar-refractivity contribution in [2.75, 3.05) is 6.54 Å². The van der Waals surface area contributed by atoms with Crippen LogP contribution in [0.5, 0.6) is 5.75 Å². The SMILES string of the molecule is Cc1cc(C)c2c(c1C)O[C@](C)(CCCCCCCCCCN)C(OC(=O)CCC(=O)O)C2. The van der Waals surface area contributed by atoms with E-state index in [2.05, 4.69) is 26.8 Å². The summed E-state index contributed by atoms with van der Waals surface area (Å²) in [7, 11) is 0. The number of fused-ring (bicyclic) bond motifs is 1. The Morgan fingerprint density at radius 2 is 1.64 bits per heavy atom. The van der Waals surface area contributed by atoms with Gasteiger partial charge < -0.3 is 20.3 Å². The highest BCUT2D eigenvalue weighted by Gasteiger charge is 2.44. The molecule has 0 radical (unpaired) electrons. The zero-order valence-electron chi connectivity index (χ0n) is 21.0. The van der Waals surface area contributed by atoms with Crippen LogP contribution in [0.4, 0.5) is 0 Å². The van der Waals surface area contributed by atoms with Gasteiger partial charge in [0.15, 0.2) is 0 Å². The van der Waals surface area contributed by atoms with Crippen LogP contribution in [0.1, 0.15) is 99.8 Å². The zero-order valence-corrected chi connectivity index (χ0v) is 21.0. The number of aliphatic carboxylic acids is 1. The zero-order chi connectivity index (χ0) is 24.4. The number of hydrogen-bond donors (Lipinski definition) is 2. The van der Waals surface area contributed by atoms with Gasteiger partial charge in [0.1, 0.15) is 17.5 Å². The van der Waals surface area contributed by atoms with Gasteiger partial charge in [-0.2, -0.15) is 0 Å². The first kappa shape index (κ1) is 27.2. The van der Waals surface area contributed by atoms with Gasteiger partial charge in [-0.1, -0.05) is 44.6 Å². The third-order valence-corrected chi connectivity index (χ3v) is 6.97. The van der Waals surface area contributed by atoms with E-state index in [-0.39, 0.29) is 12.8 Å². The fraction of sp³-hybridized carbons (Fsp3) is 0.704. The lowest BCUT2D eigenvalue weighted by Crippen LogP contribution is -2.51. The molecular weight excluding hydrogens is 418 g/mol. The number of unbranched alkanes of at least 4 members (excludes halogenated alkanes) is 7. The van der Waals surface area contributed by atoms with Crippen LogP contribution in [-0.2, 0) is 20.7 Å². The van der Waals surface area contributed by atoms with Crippen molar-refractivity contribution in [1.82, 2.24) is 0 Å². The largest absolute Gasteiger partial charge is 0.483 e. The molecule has 3 N–H and O–H groups in total. The van der Waals surface area contributed by atoms with Gasteiger partial charge in [0, 0.05) is 12.0 Å². The summed E-state index contributed by atoms with van der Waals surface area (Å²) in [5.41, 5.74) is 9.47. The Balaban J connectivity index is 2.04. The highest BCUT2D eigenvalue weighted by Crippen LogP contribution is 2.42. The molecule has 0 aliphatic carbocycles. The second-order valence-electron chi connectivity index (χ2n) is 9.80. The van der Waals surface area contributed by atoms with Crippen molar-refractivity contribution in [3.63, 3.8) is 0 Å². The molecule has 1 aliphatic heterocycles. The number of hydrogen-bond acceptors (Lipinski definition) is 5. The van der Waals surface area contributed by atoms with E-state index in [1.807, 2.05) is 6.92 Å². The molecule has 0 amide bonds. The van der Waals surface area contributed by atoms with Crippen molar-refractivity contribution >= 4 is 11.9 Å². The van der Waals surface area contributed by atoms with Crippen LogP contribution in [0.3, 0.4) is 0 Å². The minimum absolute atomic E-state index is 0.120. The number of esters is 1. The maximum absolute atomic E-state index is 12.4. The van der Waals surface area contributed by atoms with Gasteiger partial charge in [0.25, 0.3) is 0 Å². The summed E-state index contributed by atoms with van der Waals surface area (Å²) < 4.78 is 12.5. The summed E-state index contributed by atoms with van der Waals surface area (Å²) in [6.07, 6.45) is 10.0. The molecule has 0 saturated heterocycles. The molecule has 0 saturated carbocycles. The van der Waals surface area contributed by atoms with Gasteiger partial charge >= 0.3 is 11.9 Å². The van der Waals surface area contributed by atoms with E-state index >= 15 is 0 Å². The van der Waals surface area contributed by atoms with E-state index in [1.54, 1.807) is 0 Å². The van der Waals surface area contributed by atoms with Crippen LogP contribution in [0, 0.1) is 20.8 Å². The van der Waals surface area contributed by atoms with E-state index in [1.165, 1.54) is 37.7 Å². The predicted octanol–water partition coefficient (Wildman–Crippen LogP) is 5.55. The summed E-state index contributed by atoms with van der Waals surface area (Å²) >= 11 is 0. The second-order valence-corrected chi connectivity index (χ2v) is 9.80. The molecule has 1 unspecified atom stereocenters. The van der Waals surface area contributed by atoms with Gasteiger partial charge in [0.2, 0.25) is 0 Å². The topological polar surface area (TPSA) is 98.9 Å². The summed E-state index contributed by atoms with van der Waals surface area (Å²) in [5.74, 6) is -0.544. The van der Waals surface area contributed by atoms with Crippen molar-refractivity contribution in [3.05, 3.63) is 28.3 Å². The number of carbonyl (C=O) groups excluding carboxylic acids is 1. The number of benzene rings is 1. The molecule has 0 spiro atoms. The Kier molecular flexibility index (Phi) is 10.7. The molecule has 1 aromatic rings. The molecular formula is C27H43NO5. The molecule has 0 bridgehead atoms. The average molecular weight is 462 g/mol. The first-order valence-corrected chi connectivity index (χ1v) is 12.6. The van der Waals surface area contributed by atoms with Crippen LogP contribution < -0.4 is 10.5 Å². The van der Waals surface area contributed by atoms with E-state index in [9.17, 15) is 9.59 Å². The fourth-order valence-corrected chi connectivity index (χ4v) is 4.68. The van der Waals surface area contributed by atoms with Crippen LogP contribution in [0.25, 0.3) is 0 Å². The molecule has 1 heterocycles. The van der Waals surface area contributed by atoms with Crippen molar-refractivity contribution in [1.29, 1.82) is 0 Å². The molecule has 2 rings (SSSR count). The lowest BCUT2D eigenvalue weighted by atomic mass is 9.82. The fourth-order valence-electron chi connectivity index (χ4n) is 4.68. The van der Waals surface area contributed by atoms with E-state index < -0.39 is 23.6 Å². The molecule has 1 aliphatic rings. The van der Waals surface area contributed by atoms with E-state index in [4.69, 9.17) is 20.3 Å². The lowest BCUT2D eigenvalue weighted by Gasteiger charge is -2.43. The molecule has 6 nitrogen and oxygen atoms in total. The van der Waals surface area contributed by atoms with E-state index in [0.29, 0.717) is 6.42 Å². The molecule has 33 heavy (non-hydrogen) atoms. The van der Waals surface area contributed by atoms with Gasteiger partial charge in [0.05, 0.1) is 12.8 Å². The standard InChI is InChI=1S/C27H43NO5/c1-19-17-20(2)22-18-23(32-25(31)14-13-24(29)30)27(4,33-26(22)21(19)3)15-11-9-7-5-6-8-10-12-16-28/h17,23H,5-16,18,28H2,1-4H3,(H,29,30)/t23?,27-/m1/s1. The Morgan fingerprint density at radius 1 is 1.03 bits per heavy atom. The summed E-state index contributed by atoms with van der Waals surface area (Å²) in [6, 6.07) is 2.15. The van der Waals surface area contributed by atoms with Crippen molar-refractivity contribution in [3.8, 4) is 5.75 Å². The number of aryl methyl sites for hydroxylation is 2. The Morgan fingerprint density at radius 3 is 2.24 bits per heavy atom. The quantitative estimate of drug-likeness (QED) is 0.278. The smallest absolute Gasteiger partial charge is 0.306 e. The van der Waals surface area contributed by atoms with Crippen LogP contribution in [0.2, 0.25) is 0 Å². The van der Waals surface area contributed by atoms with Crippen molar-refractivity contribution in [2.24, 2.45) is 5.73 Å². The molecule has 2 atom stereocenters. The van der Waals surface area contributed by atoms with E-state index in [0.717, 1.165) is 54.7 Å². The van der Waals surface area contributed by atoms with Crippen LogP contribution in [0.15, 0.2) is 6.07 Å². The van der Waals surface area contributed by atoms with Gasteiger partial charge in [-0.25, -0.2) is 0 Å². The number of nitrogens with two attached hydrogens (primary N) is 1. The Labute approximate surface area is 199 Å². The first-order chi connectivity index (χ1) is 15.7. The number of ether oxygens (including phenoxy) is 2. The number of carbonyl (C=O) groups is 2. The third-order valence-electron chi connectivity index (χ3n) is 6.97. The Hall–Kier alpha value is -2.08. The first-order valence-electron chi connectivity index (χ1n) is 12.6. The van der Waals surface area contributed by atoms with Crippen molar-refractivity contribution in [2.45, 2.75) is 116 Å². The maximum Gasteiger partial charge on any atom is 0.306 e. The van der Waals surface area contributed by atoms with Crippen LogP contribution in [-0.4, -0.2) is 35.3 Å². The minimum atomic E-state index is -0.995. The number of rotatable bonds is 14. The Bertz CT molecular complexity index is 806.